The fourth-order valence-corrected chi connectivity index (χ4v) is 2.18. The zero-order valence-electron chi connectivity index (χ0n) is 11.0. The molecule has 0 saturated carbocycles. The number of carbonyl (C=O) groups is 1. The number of methoxy groups -OCH3 is 1. The predicted molar refractivity (Wildman–Crippen MR) is 74.0 cm³/mol. The molecule has 0 fully saturated rings. The van der Waals surface area contributed by atoms with Crippen molar-refractivity contribution >= 4 is 28.5 Å². The number of hydrogen-bond donors (Lipinski definition) is 0. The number of esters is 1. The maximum absolute atomic E-state index is 11.9. The molecule has 0 aliphatic carbocycles. The minimum absolute atomic E-state index is 0.308. The summed E-state index contributed by atoms with van der Waals surface area (Å²) in [6, 6.07) is 5.12. The molecule has 2 aromatic rings. The number of benzene rings is 1. The fourth-order valence-electron chi connectivity index (χ4n) is 1.87. The van der Waals surface area contributed by atoms with Crippen LogP contribution < -0.4 is 4.74 Å². The smallest absolute Gasteiger partial charge is 0.341 e. The van der Waals surface area contributed by atoms with Gasteiger partial charge in [-0.25, -0.2) is 4.79 Å². The first-order valence-corrected chi connectivity index (χ1v) is 6.26. The summed E-state index contributed by atoms with van der Waals surface area (Å²) in [6.45, 7) is 3.91. The molecule has 2 rings (SSSR count). The summed E-state index contributed by atoms with van der Waals surface area (Å²) in [6.07, 6.45) is 0. The molecule has 0 amide bonds. The topological polar surface area (TPSA) is 48.4 Å². The molecule has 0 N–H and O–H groups in total. The van der Waals surface area contributed by atoms with E-state index in [0.29, 0.717) is 28.5 Å². The Morgan fingerprint density at radius 3 is 2.74 bits per heavy atom. The van der Waals surface area contributed by atoms with Crippen LogP contribution in [0, 0.1) is 6.92 Å². The van der Waals surface area contributed by atoms with Crippen LogP contribution in [-0.4, -0.2) is 24.7 Å². The maximum atomic E-state index is 11.9. The molecule has 0 bridgehead atoms. The molecule has 1 heterocycles. The average Bonchev–Trinajstić information content (AvgIpc) is 2.37. The van der Waals surface area contributed by atoms with Gasteiger partial charge in [-0.15, -0.1) is 0 Å². The van der Waals surface area contributed by atoms with E-state index in [2.05, 4.69) is 4.98 Å². The lowest BCUT2D eigenvalue weighted by molar-refractivity contribution is 0.0523. The van der Waals surface area contributed by atoms with E-state index < -0.39 is 5.97 Å². The molecule has 0 radical (unpaired) electrons. The van der Waals surface area contributed by atoms with Crippen LogP contribution in [0.25, 0.3) is 10.9 Å². The van der Waals surface area contributed by atoms with E-state index in [0.717, 1.165) is 11.1 Å². The molecule has 19 heavy (non-hydrogen) atoms. The highest BCUT2D eigenvalue weighted by atomic mass is 35.5. The summed E-state index contributed by atoms with van der Waals surface area (Å²) < 4.78 is 10.2. The highest BCUT2D eigenvalue weighted by Gasteiger charge is 2.16. The largest absolute Gasteiger partial charge is 0.496 e. The second-order valence-electron chi connectivity index (χ2n) is 4.04. The summed E-state index contributed by atoms with van der Waals surface area (Å²) in [5, 5.41) is 1.33. The van der Waals surface area contributed by atoms with Crippen molar-refractivity contribution in [3.63, 3.8) is 0 Å². The molecule has 1 aromatic heterocycles. The Balaban J connectivity index is 2.67. The van der Waals surface area contributed by atoms with Crippen LogP contribution in [0.1, 0.15) is 23.0 Å². The first kappa shape index (κ1) is 13.6. The molecule has 0 saturated heterocycles. The van der Waals surface area contributed by atoms with E-state index in [1.807, 2.05) is 6.92 Å². The van der Waals surface area contributed by atoms with Gasteiger partial charge in [0.2, 0.25) is 0 Å². The van der Waals surface area contributed by atoms with E-state index >= 15 is 0 Å². The third-order valence-electron chi connectivity index (χ3n) is 2.70. The number of halogens is 1. The Kier molecular flexibility index (Phi) is 3.90. The maximum Gasteiger partial charge on any atom is 0.341 e. The van der Waals surface area contributed by atoms with Gasteiger partial charge in [0.15, 0.2) is 0 Å². The lowest BCUT2D eigenvalue weighted by Crippen LogP contribution is -2.07. The van der Waals surface area contributed by atoms with Crippen molar-refractivity contribution in [3.05, 3.63) is 34.5 Å². The molecule has 100 valence electrons. The van der Waals surface area contributed by atoms with E-state index in [4.69, 9.17) is 21.1 Å². The zero-order valence-corrected chi connectivity index (χ0v) is 11.7. The first-order chi connectivity index (χ1) is 9.06. The second-order valence-corrected chi connectivity index (χ2v) is 4.44. The highest BCUT2D eigenvalue weighted by molar-refractivity contribution is 6.35. The van der Waals surface area contributed by atoms with Crippen molar-refractivity contribution in [1.82, 2.24) is 4.98 Å². The van der Waals surface area contributed by atoms with Crippen LogP contribution in [0.3, 0.4) is 0 Å². The van der Waals surface area contributed by atoms with Gasteiger partial charge in [-0.05, 0) is 32.0 Å². The minimum atomic E-state index is -0.430. The normalized spacial score (nSPS) is 10.5. The third kappa shape index (κ3) is 2.63. The first-order valence-electron chi connectivity index (χ1n) is 5.88. The monoisotopic (exact) mass is 279 g/mol. The average molecular weight is 280 g/mol. The summed E-state index contributed by atoms with van der Waals surface area (Å²) >= 11 is 6.17. The van der Waals surface area contributed by atoms with Crippen molar-refractivity contribution in [2.75, 3.05) is 13.7 Å². The van der Waals surface area contributed by atoms with Gasteiger partial charge in [-0.2, -0.15) is 0 Å². The molecule has 1 aromatic carbocycles. The number of ether oxygens (including phenoxy) is 2. The number of aryl methyl sites for hydroxylation is 1. The number of fused-ring (bicyclic) bond motifs is 1. The minimum Gasteiger partial charge on any atom is -0.496 e. The molecule has 0 aliphatic heterocycles. The van der Waals surface area contributed by atoms with Crippen LogP contribution in [0.2, 0.25) is 5.02 Å². The lowest BCUT2D eigenvalue weighted by atomic mass is 10.1. The third-order valence-corrected chi connectivity index (χ3v) is 3.02. The van der Waals surface area contributed by atoms with Crippen molar-refractivity contribution in [2.45, 2.75) is 13.8 Å². The Hall–Kier alpha value is -1.81. The van der Waals surface area contributed by atoms with Crippen LogP contribution in [0.5, 0.6) is 5.75 Å². The van der Waals surface area contributed by atoms with Gasteiger partial charge in [0.05, 0.1) is 24.3 Å². The van der Waals surface area contributed by atoms with Gasteiger partial charge in [0.25, 0.3) is 0 Å². The van der Waals surface area contributed by atoms with Crippen molar-refractivity contribution in [3.8, 4) is 5.75 Å². The number of rotatable bonds is 3. The molecule has 0 spiro atoms. The summed E-state index contributed by atoms with van der Waals surface area (Å²) in [7, 11) is 1.50. The zero-order chi connectivity index (χ0) is 14.0. The standard InChI is InChI=1S/C14H14ClNO3/c1-4-19-14(17)10-6-12-9(7-13(10)18-3)11(15)5-8(2)16-12/h5-7H,4H2,1-3H3. The molecule has 0 atom stereocenters. The van der Waals surface area contributed by atoms with Gasteiger partial charge >= 0.3 is 5.97 Å². The second kappa shape index (κ2) is 5.45. The van der Waals surface area contributed by atoms with E-state index in [1.54, 1.807) is 25.1 Å². The van der Waals surface area contributed by atoms with E-state index in [9.17, 15) is 4.79 Å². The quantitative estimate of drug-likeness (QED) is 0.808. The van der Waals surface area contributed by atoms with Crippen molar-refractivity contribution < 1.29 is 14.3 Å². The fraction of sp³-hybridized carbons (Fsp3) is 0.286. The van der Waals surface area contributed by atoms with Crippen LogP contribution >= 0.6 is 11.6 Å². The highest BCUT2D eigenvalue weighted by Crippen LogP contribution is 2.30. The van der Waals surface area contributed by atoms with Crippen LogP contribution in [0.15, 0.2) is 18.2 Å². The SMILES string of the molecule is CCOC(=O)c1cc2nc(C)cc(Cl)c2cc1OC. The Labute approximate surface area is 116 Å². The lowest BCUT2D eigenvalue weighted by Gasteiger charge is -2.10. The Bertz CT molecular complexity index is 640. The molecule has 0 aliphatic rings. The van der Waals surface area contributed by atoms with Gasteiger partial charge in [-0.3, -0.25) is 4.98 Å². The van der Waals surface area contributed by atoms with E-state index in [1.165, 1.54) is 7.11 Å². The Morgan fingerprint density at radius 1 is 1.37 bits per heavy atom. The molecular formula is C14H14ClNO3. The van der Waals surface area contributed by atoms with Crippen LogP contribution in [0.4, 0.5) is 0 Å². The van der Waals surface area contributed by atoms with Gasteiger partial charge in [0, 0.05) is 11.1 Å². The molecule has 0 unspecified atom stereocenters. The van der Waals surface area contributed by atoms with Gasteiger partial charge < -0.3 is 9.47 Å². The summed E-state index contributed by atoms with van der Waals surface area (Å²) in [5.74, 6) is -0.000758. The van der Waals surface area contributed by atoms with E-state index in [-0.39, 0.29) is 0 Å². The van der Waals surface area contributed by atoms with Gasteiger partial charge in [0.1, 0.15) is 11.3 Å². The Morgan fingerprint density at radius 2 is 2.11 bits per heavy atom. The predicted octanol–water partition coefficient (Wildman–Crippen LogP) is 3.38. The molecule has 4 nitrogen and oxygen atoms in total. The van der Waals surface area contributed by atoms with Crippen molar-refractivity contribution in [1.29, 1.82) is 0 Å². The number of pyridine rings is 1. The summed E-state index contributed by atoms with van der Waals surface area (Å²) in [4.78, 5) is 16.2. The molecule has 5 heteroatoms. The van der Waals surface area contributed by atoms with Gasteiger partial charge in [-0.1, -0.05) is 11.6 Å². The van der Waals surface area contributed by atoms with Crippen LogP contribution in [-0.2, 0) is 4.74 Å². The number of carbonyl (C=O) groups excluding carboxylic acids is 1. The number of aromatic nitrogens is 1. The number of hydrogen-bond acceptors (Lipinski definition) is 4. The van der Waals surface area contributed by atoms with Crippen molar-refractivity contribution in [2.24, 2.45) is 0 Å². The summed E-state index contributed by atoms with van der Waals surface area (Å²) in [5.41, 5.74) is 1.79. The number of nitrogens with zero attached hydrogens (tertiary/aromatic N) is 1. The molecular weight excluding hydrogens is 266 g/mol.